The molecular formula is C26H33N5O3S. The van der Waals surface area contributed by atoms with E-state index in [1.807, 2.05) is 24.1 Å². The van der Waals surface area contributed by atoms with Crippen molar-refractivity contribution in [3.05, 3.63) is 28.5 Å². The predicted octanol–water partition coefficient (Wildman–Crippen LogP) is 3.89. The minimum absolute atomic E-state index is 0.0416. The average Bonchev–Trinajstić information content (AvgIpc) is 3.51. The summed E-state index contributed by atoms with van der Waals surface area (Å²) < 4.78 is 0. The van der Waals surface area contributed by atoms with Crippen LogP contribution in [0.25, 0.3) is 10.4 Å². The fourth-order valence-corrected chi connectivity index (χ4v) is 7.10. The van der Waals surface area contributed by atoms with Gasteiger partial charge in [-0.05, 0) is 83.3 Å². The van der Waals surface area contributed by atoms with Crippen molar-refractivity contribution in [1.29, 1.82) is 0 Å². The Bertz CT molecular complexity index is 1150. The van der Waals surface area contributed by atoms with E-state index in [1.165, 1.54) is 17.8 Å². The summed E-state index contributed by atoms with van der Waals surface area (Å²) in [7, 11) is 0. The van der Waals surface area contributed by atoms with Crippen molar-refractivity contribution in [2.75, 3.05) is 5.32 Å². The third-order valence-electron chi connectivity index (χ3n) is 8.40. The van der Waals surface area contributed by atoms with Crippen LogP contribution in [0.5, 0.6) is 0 Å². The Labute approximate surface area is 209 Å². The summed E-state index contributed by atoms with van der Waals surface area (Å²) in [5.41, 5.74) is 2.31. The highest BCUT2D eigenvalue weighted by Crippen LogP contribution is 2.41. The quantitative estimate of drug-likeness (QED) is 0.561. The second-order valence-electron chi connectivity index (χ2n) is 11.1. The maximum Gasteiger partial charge on any atom is 0.280 e. The molecule has 0 aromatic carbocycles. The van der Waals surface area contributed by atoms with Crippen LogP contribution in [-0.2, 0) is 0 Å². The van der Waals surface area contributed by atoms with Crippen LogP contribution in [0.4, 0.5) is 5.82 Å². The number of nitrogens with zero attached hydrogens (tertiary/aromatic N) is 3. The second kappa shape index (κ2) is 8.55. The van der Waals surface area contributed by atoms with Gasteiger partial charge in [0.05, 0.1) is 11.0 Å². The van der Waals surface area contributed by atoms with Crippen molar-refractivity contribution in [2.45, 2.75) is 101 Å². The SMILES string of the molecule is Cc1cc(NC2(C)CCC2)ncc1-c1sc(C(=O)NC2CC(O)C2)nc1C(=O)N1C2CCC1CC2. The van der Waals surface area contributed by atoms with Gasteiger partial charge < -0.3 is 20.6 Å². The molecule has 2 saturated carbocycles. The largest absolute Gasteiger partial charge is 0.393 e. The number of anilines is 1. The molecule has 4 aliphatic rings. The van der Waals surface area contributed by atoms with E-state index >= 15 is 0 Å². The number of aliphatic hydroxyl groups excluding tert-OH is 1. The number of hydrogen-bond donors (Lipinski definition) is 3. The molecule has 0 radical (unpaired) electrons. The number of aromatic nitrogens is 2. The number of pyridine rings is 1. The first-order chi connectivity index (χ1) is 16.8. The Balaban J connectivity index is 1.32. The number of nitrogens with one attached hydrogen (secondary N) is 2. The molecule has 0 unspecified atom stereocenters. The summed E-state index contributed by atoms with van der Waals surface area (Å²) in [5, 5.41) is 16.4. The molecule has 9 heteroatoms. The van der Waals surface area contributed by atoms with Crippen molar-refractivity contribution in [3.63, 3.8) is 0 Å². The fraction of sp³-hybridized carbons (Fsp3) is 0.615. The lowest BCUT2D eigenvalue weighted by Crippen LogP contribution is -2.46. The number of aryl methyl sites for hydroxylation is 1. The number of aliphatic hydroxyl groups is 1. The van der Waals surface area contributed by atoms with Crippen molar-refractivity contribution < 1.29 is 14.7 Å². The fourth-order valence-electron chi connectivity index (χ4n) is 6.07. The topological polar surface area (TPSA) is 107 Å². The Morgan fingerprint density at radius 3 is 2.43 bits per heavy atom. The van der Waals surface area contributed by atoms with Crippen molar-refractivity contribution in [2.24, 2.45) is 0 Å². The number of rotatable bonds is 6. The number of amides is 2. The first-order valence-electron chi connectivity index (χ1n) is 12.9. The summed E-state index contributed by atoms with van der Waals surface area (Å²) in [5.74, 6) is 0.492. The molecule has 0 atom stereocenters. The molecule has 2 aromatic rings. The summed E-state index contributed by atoms with van der Waals surface area (Å²) in [6.45, 7) is 4.24. The number of carbonyl (C=O) groups is 2. The molecule has 2 bridgehead atoms. The number of carbonyl (C=O) groups excluding carboxylic acids is 2. The van der Waals surface area contributed by atoms with E-state index in [9.17, 15) is 14.7 Å². The molecule has 2 saturated heterocycles. The highest BCUT2D eigenvalue weighted by atomic mass is 32.1. The van der Waals surface area contributed by atoms with Gasteiger partial charge in [0.25, 0.3) is 11.8 Å². The van der Waals surface area contributed by atoms with Crippen LogP contribution in [-0.4, -0.2) is 61.6 Å². The average molecular weight is 496 g/mol. The molecule has 3 N–H and O–H groups in total. The summed E-state index contributed by atoms with van der Waals surface area (Å²) >= 11 is 1.26. The smallest absolute Gasteiger partial charge is 0.280 e. The van der Waals surface area contributed by atoms with Crippen molar-refractivity contribution in [1.82, 2.24) is 20.2 Å². The Morgan fingerprint density at radius 1 is 1.17 bits per heavy atom. The van der Waals surface area contributed by atoms with E-state index in [4.69, 9.17) is 0 Å². The minimum atomic E-state index is -0.349. The van der Waals surface area contributed by atoms with Gasteiger partial charge >= 0.3 is 0 Å². The van der Waals surface area contributed by atoms with E-state index in [2.05, 4.69) is 27.5 Å². The van der Waals surface area contributed by atoms with Crippen LogP contribution in [0.1, 0.15) is 90.6 Å². The van der Waals surface area contributed by atoms with Gasteiger partial charge in [0.2, 0.25) is 0 Å². The van der Waals surface area contributed by atoms with Crippen LogP contribution >= 0.6 is 11.3 Å². The van der Waals surface area contributed by atoms with E-state index in [0.29, 0.717) is 28.4 Å². The maximum absolute atomic E-state index is 13.8. The van der Waals surface area contributed by atoms with Gasteiger partial charge in [-0.1, -0.05) is 0 Å². The molecule has 35 heavy (non-hydrogen) atoms. The maximum atomic E-state index is 13.8. The minimum Gasteiger partial charge on any atom is -0.393 e. The normalized spacial score (nSPS) is 28.4. The summed E-state index contributed by atoms with van der Waals surface area (Å²) in [6, 6.07) is 2.55. The van der Waals surface area contributed by atoms with Gasteiger partial charge in [0, 0.05) is 35.4 Å². The molecule has 6 rings (SSSR count). The molecule has 186 valence electrons. The molecular weight excluding hydrogens is 462 g/mol. The highest BCUT2D eigenvalue weighted by Gasteiger charge is 2.44. The van der Waals surface area contributed by atoms with Gasteiger partial charge in [-0.2, -0.15) is 0 Å². The number of thiazole rings is 1. The third-order valence-corrected chi connectivity index (χ3v) is 9.49. The van der Waals surface area contributed by atoms with Gasteiger partial charge in [0.1, 0.15) is 11.5 Å². The Kier molecular flexibility index (Phi) is 5.60. The molecule has 2 aromatic heterocycles. The predicted molar refractivity (Wildman–Crippen MR) is 135 cm³/mol. The van der Waals surface area contributed by atoms with Crippen LogP contribution in [0.2, 0.25) is 0 Å². The molecule has 2 aliphatic heterocycles. The van der Waals surface area contributed by atoms with Crippen LogP contribution in [0, 0.1) is 6.92 Å². The lowest BCUT2D eigenvalue weighted by atomic mass is 9.78. The standard InChI is InChI=1S/C26H33N5O3S/c1-14-10-20(30-26(2)8-3-9-26)27-13-19(14)22-21(25(34)31-16-4-5-17(31)7-6-16)29-24(35-22)23(33)28-15-11-18(32)12-15/h10,13,15-18,32H,3-9,11-12H2,1-2H3,(H,27,30)(H,28,33). The first-order valence-corrected chi connectivity index (χ1v) is 13.7. The number of hydrogen-bond acceptors (Lipinski definition) is 7. The van der Waals surface area contributed by atoms with Gasteiger partial charge in [-0.15, -0.1) is 11.3 Å². The molecule has 0 spiro atoms. The zero-order chi connectivity index (χ0) is 24.3. The Morgan fingerprint density at radius 2 is 1.86 bits per heavy atom. The molecule has 8 nitrogen and oxygen atoms in total. The number of fused-ring (bicyclic) bond motifs is 2. The Hall–Kier alpha value is -2.52. The molecule has 2 amide bonds. The molecule has 4 fully saturated rings. The lowest BCUT2D eigenvalue weighted by molar-refractivity contribution is 0.0562. The van der Waals surface area contributed by atoms with Crippen LogP contribution in [0.3, 0.4) is 0 Å². The summed E-state index contributed by atoms with van der Waals surface area (Å²) in [4.78, 5) is 38.7. The van der Waals surface area contributed by atoms with Crippen molar-refractivity contribution >= 4 is 29.0 Å². The van der Waals surface area contributed by atoms with Gasteiger partial charge in [0.15, 0.2) is 5.01 Å². The molecule has 4 heterocycles. The summed E-state index contributed by atoms with van der Waals surface area (Å²) in [6.07, 6.45) is 10.3. The van der Waals surface area contributed by atoms with Crippen molar-refractivity contribution in [3.8, 4) is 10.4 Å². The van der Waals surface area contributed by atoms with E-state index in [-0.39, 0.29) is 41.6 Å². The lowest BCUT2D eigenvalue weighted by Gasteiger charge is -2.39. The third kappa shape index (κ3) is 4.12. The van der Waals surface area contributed by atoms with E-state index < -0.39 is 0 Å². The zero-order valence-corrected chi connectivity index (χ0v) is 21.2. The van der Waals surface area contributed by atoms with Crippen LogP contribution in [0.15, 0.2) is 12.3 Å². The molecule has 2 aliphatic carbocycles. The van der Waals surface area contributed by atoms with Crippen LogP contribution < -0.4 is 10.6 Å². The first kappa shape index (κ1) is 22.9. The second-order valence-corrected chi connectivity index (χ2v) is 12.1. The highest BCUT2D eigenvalue weighted by molar-refractivity contribution is 7.17. The van der Waals surface area contributed by atoms with E-state index in [1.54, 1.807) is 0 Å². The monoisotopic (exact) mass is 495 g/mol. The zero-order valence-electron chi connectivity index (χ0n) is 20.3. The van der Waals surface area contributed by atoms with E-state index in [0.717, 1.165) is 55.5 Å². The van der Waals surface area contributed by atoms with Gasteiger partial charge in [-0.3, -0.25) is 9.59 Å². The van der Waals surface area contributed by atoms with Gasteiger partial charge in [-0.25, -0.2) is 9.97 Å².